The van der Waals surface area contributed by atoms with Gasteiger partial charge in [-0.1, -0.05) is 18.2 Å². The van der Waals surface area contributed by atoms with Crippen LogP contribution in [0, 0.1) is 13.8 Å². The van der Waals surface area contributed by atoms with E-state index in [9.17, 15) is 4.79 Å². The van der Waals surface area contributed by atoms with Crippen LogP contribution in [-0.2, 0) is 11.3 Å². The monoisotopic (exact) mass is 400 g/mol. The van der Waals surface area contributed by atoms with E-state index in [0.717, 1.165) is 41.2 Å². The summed E-state index contributed by atoms with van der Waals surface area (Å²) < 4.78 is 0. The molecule has 2 aliphatic rings. The number of aryl methyl sites for hydroxylation is 2. The molecular formula is C23H24N6O. The maximum absolute atomic E-state index is 12.4. The fraction of sp³-hybridized carbons (Fsp3) is 0.261. The van der Waals surface area contributed by atoms with Gasteiger partial charge in [0.15, 0.2) is 11.5 Å². The van der Waals surface area contributed by atoms with Crippen molar-refractivity contribution in [3.63, 3.8) is 0 Å². The fourth-order valence-electron chi connectivity index (χ4n) is 3.96. The number of aliphatic imine (C=N–C) groups is 2. The van der Waals surface area contributed by atoms with Crippen LogP contribution in [0.5, 0.6) is 0 Å². The SMILES string of the molecule is Cc1cc2c(cc1C)N(CCNCc1cc3ccccc3[nH]1)C1=NCNC(=O)C1=N2. The first kappa shape index (κ1) is 18.6. The molecule has 0 unspecified atom stereocenters. The topological polar surface area (TPSA) is 84.9 Å². The summed E-state index contributed by atoms with van der Waals surface area (Å²) in [6, 6.07) is 14.6. The first-order valence-electron chi connectivity index (χ1n) is 10.2. The molecule has 3 heterocycles. The van der Waals surface area contributed by atoms with Crippen molar-refractivity contribution in [3.8, 4) is 0 Å². The Morgan fingerprint density at radius 2 is 1.97 bits per heavy atom. The lowest BCUT2D eigenvalue weighted by Gasteiger charge is -2.33. The van der Waals surface area contributed by atoms with Crippen LogP contribution < -0.4 is 15.5 Å². The van der Waals surface area contributed by atoms with Gasteiger partial charge >= 0.3 is 0 Å². The van der Waals surface area contributed by atoms with Crippen LogP contribution in [0.25, 0.3) is 10.9 Å². The van der Waals surface area contributed by atoms with E-state index in [1.54, 1.807) is 0 Å². The van der Waals surface area contributed by atoms with E-state index < -0.39 is 0 Å². The van der Waals surface area contributed by atoms with Crippen LogP contribution in [0.4, 0.5) is 11.4 Å². The molecule has 7 nitrogen and oxygen atoms in total. The molecule has 0 aliphatic carbocycles. The summed E-state index contributed by atoms with van der Waals surface area (Å²) in [6.07, 6.45) is 0. The lowest BCUT2D eigenvalue weighted by atomic mass is 10.0. The average molecular weight is 400 g/mol. The zero-order valence-corrected chi connectivity index (χ0v) is 17.1. The highest BCUT2D eigenvalue weighted by Crippen LogP contribution is 2.36. The molecule has 7 heteroatoms. The number of H-pyrrole nitrogens is 1. The van der Waals surface area contributed by atoms with Crippen LogP contribution in [0.15, 0.2) is 52.4 Å². The molecular weight excluding hydrogens is 376 g/mol. The Morgan fingerprint density at radius 3 is 2.83 bits per heavy atom. The van der Waals surface area contributed by atoms with Crippen molar-refractivity contribution in [2.75, 3.05) is 24.7 Å². The number of amidine groups is 1. The minimum Gasteiger partial charge on any atom is -0.357 e. The number of fused-ring (bicyclic) bond motifs is 3. The van der Waals surface area contributed by atoms with Crippen molar-refractivity contribution >= 4 is 39.7 Å². The van der Waals surface area contributed by atoms with Crippen molar-refractivity contribution in [1.29, 1.82) is 0 Å². The number of amides is 1. The number of carbonyl (C=O) groups excluding carboxylic acids is 1. The van der Waals surface area contributed by atoms with Gasteiger partial charge in [0, 0.05) is 30.8 Å². The largest absolute Gasteiger partial charge is 0.357 e. The van der Waals surface area contributed by atoms with E-state index in [4.69, 9.17) is 0 Å². The summed E-state index contributed by atoms with van der Waals surface area (Å²) in [6.45, 7) is 6.63. The molecule has 2 aliphatic heterocycles. The van der Waals surface area contributed by atoms with E-state index in [1.807, 2.05) is 18.2 Å². The molecule has 2 aromatic carbocycles. The number of nitrogens with zero attached hydrogens (tertiary/aromatic N) is 3. The van der Waals surface area contributed by atoms with Gasteiger partial charge in [-0.3, -0.25) is 4.79 Å². The Labute approximate surface area is 174 Å². The van der Waals surface area contributed by atoms with E-state index in [2.05, 4.69) is 68.6 Å². The molecule has 30 heavy (non-hydrogen) atoms. The lowest BCUT2D eigenvalue weighted by molar-refractivity contribution is -0.114. The Balaban J connectivity index is 1.35. The summed E-state index contributed by atoms with van der Waals surface area (Å²) in [5, 5.41) is 7.48. The van der Waals surface area contributed by atoms with Gasteiger partial charge < -0.3 is 20.5 Å². The third kappa shape index (κ3) is 3.27. The Kier molecular flexibility index (Phi) is 4.59. The van der Waals surface area contributed by atoms with E-state index in [-0.39, 0.29) is 12.6 Å². The number of nitrogens with one attached hydrogen (secondary N) is 3. The fourth-order valence-corrected chi connectivity index (χ4v) is 3.96. The van der Waals surface area contributed by atoms with Crippen LogP contribution in [0.2, 0.25) is 0 Å². The molecule has 5 rings (SSSR count). The highest BCUT2D eigenvalue weighted by molar-refractivity contribution is 6.70. The molecule has 3 N–H and O–H groups in total. The van der Waals surface area contributed by atoms with Crippen LogP contribution >= 0.6 is 0 Å². The number of hydrogen-bond donors (Lipinski definition) is 3. The van der Waals surface area contributed by atoms with Crippen molar-refractivity contribution < 1.29 is 4.79 Å². The van der Waals surface area contributed by atoms with Crippen molar-refractivity contribution in [3.05, 3.63) is 59.3 Å². The van der Waals surface area contributed by atoms with Crippen molar-refractivity contribution in [2.24, 2.45) is 9.98 Å². The van der Waals surface area contributed by atoms with Gasteiger partial charge in [0.1, 0.15) is 6.67 Å². The second-order valence-electron chi connectivity index (χ2n) is 7.74. The Hall–Kier alpha value is -3.45. The van der Waals surface area contributed by atoms with Crippen LogP contribution in [-0.4, -0.2) is 42.2 Å². The first-order chi connectivity index (χ1) is 14.6. The maximum atomic E-state index is 12.4. The molecule has 0 fully saturated rings. The number of carbonyl (C=O) groups is 1. The predicted octanol–water partition coefficient (Wildman–Crippen LogP) is 2.95. The number of anilines is 1. The molecule has 0 spiro atoms. The van der Waals surface area contributed by atoms with Gasteiger partial charge in [-0.15, -0.1) is 0 Å². The van der Waals surface area contributed by atoms with Gasteiger partial charge in [-0.25, -0.2) is 9.98 Å². The molecule has 1 amide bonds. The molecule has 0 saturated carbocycles. The number of hydrogen-bond acceptors (Lipinski definition) is 5. The summed E-state index contributed by atoms with van der Waals surface area (Å²) in [5.74, 6) is 0.488. The van der Waals surface area contributed by atoms with Gasteiger partial charge in [0.05, 0.1) is 11.4 Å². The lowest BCUT2D eigenvalue weighted by Crippen LogP contribution is -2.51. The molecule has 0 bridgehead atoms. The minimum absolute atomic E-state index is 0.167. The number of benzene rings is 2. The quantitative estimate of drug-likeness (QED) is 0.576. The summed E-state index contributed by atoms with van der Waals surface area (Å²) in [5.41, 5.74) is 6.87. The molecule has 0 saturated heterocycles. The van der Waals surface area contributed by atoms with E-state index >= 15 is 0 Å². The predicted molar refractivity (Wildman–Crippen MR) is 121 cm³/mol. The van der Waals surface area contributed by atoms with Gasteiger partial charge in [0.2, 0.25) is 0 Å². The second-order valence-corrected chi connectivity index (χ2v) is 7.74. The van der Waals surface area contributed by atoms with Crippen molar-refractivity contribution in [1.82, 2.24) is 15.6 Å². The second kappa shape index (κ2) is 7.42. The van der Waals surface area contributed by atoms with Crippen LogP contribution in [0.1, 0.15) is 16.8 Å². The standard InChI is InChI=1S/C23H24N6O/c1-14-9-19-20(10-15(14)2)29(22-21(28-19)23(30)26-13-25-22)8-7-24-12-17-11-16-5-3-4-6-18(16)27-17/h3-6,9-11,24,27H,7-8,12-13H2,1-2H3,(H,26,30). The highest BCUT2D eigenvalue weighted by atomic mass is 16.2. The minimum atomic E-state index is -0.167. The number of aromatic amines is 1. The van der Waals surface area contributed by atoms with Crippen molar-refractivity contribution in [2.45, 2.75) is 20.4 Å². The van der Waals surface area contributed by atoms with E-state index in [0.29, 0.717) is 18.1 Å². The molecule has 0 atom stereocenters. The Morgan fingerprint density at radius 1 is 1.13 bits per heavy atom. The molecule has 1 aromatic heterocycles. The summed E-state index contributed by atoms with van der Waals surface area (Å²) in [4.78, 5) is 27.1. The summed E-state index contributed by atoms with van der Waals surface area (Å²) in [7, 11) is 0. The molecule has 152 valence electrons. The molecule has 0 radical (unpaired) electrons. The number of para-hydroxylation sites is 1. The number of aromatic nitrogens is 1. The first-order valence-corrected chi connectivity index (χ1v) is 10.2. The third-order valence-corrected chi connectivity index (χ3v) is 5.68. The van der Waals surface area contributed by atoms with Gasteiger partial charge in [-0.2, -0.15) is 0 Å². The summed E-state index contributed by atoms with van der Waals surface area (Å²) >= 11 is 0. The smallest absolute Gasteiger partial charge is 0.275 e. The zero-order chi connectivity index (χ0) is 20.7. The average Bonchev–Trinajstić information content (AvgIpc) is 3.15. The van der Waals surface area contributed by atoms with Gasteiger partial charge in [0.25, 0.3) is 5.91 Å². The van der Waals surface area contributed by atoms with E-state index in [1.165, 1.54) is 10.9 Å². The normalized spacial score (nSPS) is 15.4. The zero-order valence-electron chi connectivity index (χ0n) is 17.1. The van der Waals surface area contributed by atoms with Crippen LogP contribution in [0.3, 0.4) is 0 Å². The molecule has 3 aromatic rings. The third-order valence-electron chi connectivity index (χ3n) is 5.68. The number of rotatable bonds is 5. The maximum Gasteiger partial charge on any atom is 0.275 e. The highest BCUT2D eigenvalue weighted by Gasteiger charge is 2.32. The van der Waals surface area contributed by atoms with Gasteiger partial charge in [-0.05, 0) is 54.6 Å². The Bertz CT molecular complexity index is 1170.